The molecule has 2 aromatic carbocycles. The van der Waals surface area contributed by atoms with Crippen molar-refractivity contribution in [2.45, 2.75) is 18.6 Å². The Morgan fingerprint density at radius 3 is 2.50 bits per heavy atom. The Morgan fingerprint density at radius 2 is 1.83 bits per heavy atom. The summed E-state index contributed by atoms with van der Waals surface area (Å²) in [4.78, 5) is 10.6. The van der Waals surface area contributed by atoms with Crippen LogP contribution in [0.25, 0.3) is 10.8 Å². The summed E-state index contributed by atoms with van der Waals surface area (Å²) in [5.41, 5.74) is 6.58. The molecular formula is C14H15NO3. The van der Waals surface area contributed by atoms with E-state index in [1.54, 1.807) is 0 Å². The van der Waals surface area contributed by atoms with Crippen molar-refractivity contribution in [3.63, 3.8) is 0 Å². The van der Waals surface area contributed by atoms with Gasteiger partial charge >= 0.3 is 5.97 Å². The van der Waals surface area contributed by atoms with Gasteiger partial charge in [-0.1, -0.05) is 42.5 Å². The highest BCUT2D eigenvalue weighted by Gasteiger charge is 2.22. The maximum Gasteiger partial charge on any atom is 0.334 e. The fourth-order valence-electron chi connectivity index (χ4n) is 1.93. The Kier molecular flexibility index (Phi) is 3.60. The minimum Gasteiger partial charge on any atom is -0.479 e. The number of fused-ring (bicyclic) bond motifs is 1. The number of benzene rings is 2. The first-order valence-corrected chi connectivity index (χ1v) is 5.72. The van der Waals surface area contributed by atoms with Gasteiger partial charge in [0.2, 0.25) is 0 Å². The van der Waals surface area contributed by atoms with E-state index in [1.165, 1.54) is 0 Å². The number of hydrogen-bond acceptors (Lipinski definition) is 3. The van der Waals surface area contributed by atoms with E-state index < -0.39 is 18.1 Å². The van der Waals surface area contributed by atoms with Gasteiger partial charge < -0.3 is 15.9 Å². The third-order valence-corrected chi connectivity index (χ3v) is 2.94. The van der Waals surface area contributed by atoms with Gasteiger partial charge in [-0.2, -0.15) is 0 Å². The van der Waals surface area contributed by atoms with Crippen molar-refractivity contribution >= 4 is 16.7 Å². The van der Waals surface area contributed by atoms with Gasteiger partial charge in [0, 0.05) is 6.04 Å². The predicted molar refractivity (Wildman–Crippen MR) is 69.3 cm³/mol. The van der Waals surface area contributed by atoms with Crippen LogP contribution in [0.1, 0.15) is 5.56 Å². The van der Waals surface area contributed by atoms with Gasteiger partial charge in [0.15, 0.2) is 6.10 Å². The van der Waals surface area contributed by atoms with E-state index >= 15 is 0 Å². The molecule has 2 aromatic rings. The molecule has 0 aliphatic heterocycles. The van der Waals surface area contributed by atoms with E-state index in [-0.39, 0.29) is 0 Å². The molecule has 0 bridgehead atoms. The zero-order valence-corrected chi connectivity index (χ0v) is 9.78. The third kappa shape index (κ3) is 2.67. The SMILES string of the molecule is N[C@H](Cc1ccc2ccccc2c1)C(O)C(=O)O. The Morgan fingerprint density at radius 1 is 1.17 bits per heavy atom. The van der Waals surface area contributed by atoms with Crippen molar-refractivity contribution in [2.75, 3.05) is 0 Å². The van der Waals surface area contributed by atoms with Crippen LogP contribution in [-0.2, 0) is 11.2 Å². The second kappa shape index (κ2) is 5.16. The van der Waals surface area contributed by atoms with E-state index in [1.807, 2.05) is 42.5 Å². The molecule has 4 nitrogen and oxygen atoms in total. The summed E-state index contributed by atoms with van der Waals surface area (Å²) in [5, 5.41) is 20.2. The molecule has 0 aliphatic rings. The molecule has 0 radical (unpaired) electrons. The monoisotopic (exact) mass is 245 g/mol. The molecule has 0 spiro atoms. The van der Waals surface area contributed by atoms with Crippen LogP contribution in [0.5, 0.6) is 0 Å². The third-order valence-electron chi connectivity index (χ3n) is 2.94. The van der Waals surface area contributed by atoms with E-state index in [9.17, 15) is 9.90 Å². The molecule has 0 heterocycles. The highest BCUT2D eigenvalue weighted by molar-refractivity contribution is 5.83. The van der Waals surface area contributed by atoms with Crippen LogP contribution < -0.4 is 5.73 Å². The largest absolute Gasteiger partial charge is 0.479 e. The van der Waals surface area contributed by atoms with E-state index in [0.29, 0.717) is 6.42 Å². The number of aliphatic hydroxyl groups excluding tert-OH is 1. The van der Waals surface area contributed by atoms with E-state index in [0.717, 1.165) is 16.3 Å². The number of nitrogens with two attached hydrogens (primary N) is 1. The summed E-state index contributed by atoms with van der Waals surface area (Å²) in [7, 11) is 0. The summed E-state index contributed by atoms with van der Waals surface area (Å²) >= 11 is 0. The Bertz CT molecular complexity index is 568. The first-order valence-electron chi connectivity index (χ1n) is 5.72. The average molecular weight is 245 g/mol. The lowest BCUT2D eigenvalue weighted by Crippen LogP contribution is -2.41. The zero-order chi connectivity index (χ0) is 13.1. The molecule has 1 unspecified atom stereocenters. The molecule has 0 aromatic heterocycles. The van der Waals surface area contributed by atoms with Crippen LogP contribution in [0.15, 0.2) is 42.5 Å². The highest BCUT2D eigenvalue weighted by Crippen LogP contribution is 2.16. The molecule has 0 aliphatic carbocycles. The number of aliphatic hydroxyl groups is 1. The second-order valence-corrected chi connectivity index (χ2v) is 4.33. The zero-order valence-electron chi connectivity index (χ0n) is 9.78. The molecule has 94 valence electrons. The van der Waals surface area contributed by atoms with Gasteiger partial charge in [-0.15, -0.1) is 0 Å². The Hall–Kier alpha value is -1.91. The van der Waals surface area contributed by atoms with Gasteiger partial charge in [0.05, 0.1) is 0 Å². The first kappa shape index (κ1) is 12.5. The van der Waals surface area contributed by atoms with E-state index in [4.69, 9.17) is 10.8 Å². The van der Waals surface area contributed by atoms with Crippen molar-refractivity contribution in [2.24, 2.45) is 5.73 Å². The standard InChI is InChI=1S/C14H15NO3/c15-12(13(16)14(17)18)8-9-5-6-10-3-1-2-4-11(10)7-9/h1-7,12-13,16H,8,15H2,(H,17,18)/t12-,13?/m1/s1. The summed E-state index contributed by atoms with van der Waals surface area (Å²) in [6, 6.07) is 12.9. The summed E-state index contributed by atoms with van der Waals surface area (Å²) < 4.78 is 0. The van der Waals surface area contributed by atoms with Crippen molar-refractivity contribution < 1.29 is 15.0 Å². The molecule has 0 saturated heterocycles. The molecule has 0 amide bonds. The lowest BCUT2D eigenvalue weighted by Gasteiger charge is -2.15. The Balaban J connectivity index is 2.19. The van der Waals surface area contributed by atoms with Crippen LogP contribution in [0.4, 0.5) is 0 Å². The van der Waals surface area contributed by atoms with Crippen LogP contribution >= 0.6 is 0 Å². The normalized spacial score (nSPS) is 14.3. The van der Waals surface area contributed by atoms with Crippen LogP contribution in [-0.4, -0.2) is 28.3 Å². The quantitative estimate of drug-likeness (QED) is 0.754. The van der Waals surface area contributed by atoms with Gasteiger partial charge in [0.1, 0.15) is 0 Å². The van der Waals surface area contributed by atoms with Crippen molar-refractivity contribution in [1.29, 1.82) is 0 Å². The second-order valence-electron chi connectivity index (χ2n) is 4.33. The fraction of sp³-hybridized carbons (Fsp3) is 0.214. The minimum absolute atomic E-state index is 0.332. The fourth-order valence-corrected chi connectivity index (χ4v) is 1.93. The van der Waals surface area contributed by atoms with Crippen LogP contribution in [0.3, 0.4) is 0 Å². The topological polar surface area (TPSA) is 83.5 Å². The first-order chi connectivity index (χ1) is 8.58. The van der Waals surface area contributed by atoms with Crippen molar-refractivity contribution in [3.05, 3.63) is 48.0 Å². The molecule has 2 atom stereocenters. The van der Waals surface area contributed by atoms with Gasteiger partial charge in [-0.3, -0.25) is 0 Å². The molecule has 4 N–H and O–H groups in total. The van der Waals surface area contributed by atoms with Gasteiger partial charge in [-0.05, 0) is 22.8 Å². The number of carboxylic acids is 1. The number of carboxylic acid groups (broad SMARTS) is 1. The summed E-state index contributed by atoms with van der Waals surface area (Å²) in [5.74, 6) is -1.29. The maximum absolute atomic E-state index is 10.6. The maximum atomic E-state index is 10.6. The molecular weight excluding hydrogens is 230 g/mol. The van der Waals surface area contributed by atoms with Gasteiger partial charge in [-0.25, -0.2) is 4.79 Å². The molecule has 4 heteroatoms. The number of carbonyl (C=O) groups is 1. The van der Waals surface area contributed by atoms with Crippen LogP contribution in [0.2, 0.25) is 0 Å². The van der Waals surface area contributed by atoms with Crippen molar-refractivity contribution in [3.8, 4) is 0 Å². The van der Waals surface area contributed by atoms with Crippen LogP contribution in [0, 0.1) is 0 Å². The summed E-state index contributed by atoms with van der Waals surface area (Å²) in [6.45, 7) is 0. The predicted octanol–water partition coefficient (Wildman–Crippen LogP) is 1.16. The molecule has 2 rings (SSSR count). The number of hydrogen-bond donors (Lipinski definition) is 3. The smallest absolute Gasteiger partial charge is 0.334 e. The number of rotatable bonds is 4. The average Bonchev–Trinajstić information content (AvgIpc) is 2.37. The Labute approximate surface area is 105 Å². The van der Waals surface area contributed by atoms with Crippen molar-refractivity contribution in [1.82, 2.24) is 0 Å². The highest BCUT2D eigenvalue weighted by atomic mass is 16.4. The molecule has 0 fully saturated rings. The van der Waals surface area contributed by atoms with E-state index in [2.05, 4.69) is 0 Å². The minimum atomic E-state index is -1.53. The molecule has 18 heavy (non-hydrogen) atoms. The lowest BCUT2D eigenvalue weighted by molar-refractivity contribution is -0.147. The lowest BCUT2D eigenvalue weighted by atomic mass is 9.99. The molecule has 0 saturated carbocycles. The van der Waals surface area contributed by atoms with Gasteiger partial charge in [0.25, 0.3) is 0 Å². The summed E-state index contributed by atoms with van der Waals surface area (Å²) in [6.07, 6.45) is -1.20. The number of aliphatic carboxylic acids is 1.